The van der Waals surface area contributed by atoms with Crippen LogP contribution in [0.4, 0.5) is 22.7 Å². The summed E-state index contributed by atoms with van der Waals surface area (Å²) in [6.45, 7) is 7.69. The van der Waals surface area contributed by atoms with Crippen molar-refractivity contribution in [1.29, 1.82) is 0 Å². The van der Waals surface area contributed by atoms with Crippen LogP contribution in [0.25, 0.3) is 0 Å². The van der Waals surface area contributed by atoms with Gasteiger partial charge in [0.1, 0.15) is 0 Å². The van der Waals surface area contributed by atoms with Crippen LogP contribution in [0.15, 0.2) is 36.4 Å². The largest absolute Gasteiger partial charge is 0.399 e. The van der Waals surface area contributed by atoms with Crippen molar-refractivity contribution in [3.63, 3.8) is 0 Å². The van der Waals surface area contributed by atoms with Crippen molar-refractivity contribution in [3.8, 4) is 0 Å². The van der Waals surface area contributed by atoms with Crippen molar-refractivity contribution in [3.05, 3.63) is 57.6 Å². The van der Waals surface area contributed by atoms with E-state index in [1.165, 1.54) is 12.1 Å². The molecule has 0 bridgehead atoms. The van der Waals surface area contributed by atoms with Gasteiger partial charge in [-0.25, -0.2) is 0 Å². The lowest BCUT2D eigenvalue weighted by atomic mass is 10.1. The van der Waals surface area contributed by atoms with E-state index in [4.69, 9.17) is 5.73 Å². The summed E-state index contributed by atoms with van der Waals surface area (Å²) in [6, 6.07) is 10.4. The molecule has 0 aromatic heterocycles. The Morgan fingerprint density at radius 3 is 1.68 bits per heavy atom. The van der Waals surface area contributed by atoms with Crippen LogP contribution in [-0.4, -0.2) is 91.4 Å². The predicted octanol–water partition coefficient (Wildman–Crippen LogP) is 1.35. The van der Waals surface area contributed by atoms with Crippen molar-refractivity contribution >= 4 is 22.7 Å². The maximum Gasteiger partial charge on any atom is 0.269 e. The van der Waals surface area contributed by atoms with Gasteiger partial charge in [0.15, 0.2) is 0 Å². The third-order valence-electron chi connectivity index (χ3n) is 6.41. The third-order valence-corrected chi connectivity index (χ3v) is 6.41. The second-order valence-corrected chi connectivity index (χ2v) is 8.86. The molecule has 2 aliphatic rings. The minimum atomic E-state index is -0.438. The summed E-state index contributed by atoms with van der Waals surface area (Å²) >= 11 is 0. The van der Waals surface area contributed by atoms with Gasteiger partial charge < -0.3 is 35.5 Å². The highest BCUT2D eigenvalue weighted by molar-refractivity contribution is 5.60. The monoisotopic (exact) mass is 472 g/mol. The van der Waals surface area contributed by atoms with Gasteiger partial charge in [0.25, 0.3) is 5.69 Å². The standard InChI is InChI=1S/C12H17N3O3.C12H19N3O/c1-13-4-6-14(7-5-13)12-3-2-11(15(17)18)8-10(12)9-16;1-14-4-6-15(7-5-14)12-3-2-11(13)8-10(12)9-16/h2-3,8,16H,4-7,9H2,1H3;2-3,8,16H,4-7,9,13H2,1H3. The Hall–Kier alpha value is -2.92. The van der Waals surface area contributed by atoms with Crippen LogP contribution in [0.1, 0.15) is 11.1 Å². The SMILES string of the molecule is CN1CCN(c2ccc(N)cc2CO)CC1.CN1CCN(c2ccc([N+](=O)[O-])cc2CO)CC1. The van der Waals surface area contributed by atoms with Gasteiger partial charge in [-0.05, 0) is 38.4 Å². The molecule has 0 unspecified atom stereocenters. The van der Waals surface area contributed by atoms with Gasteiger partial charge in [0.05, 0.1) is 18.1 Å². The van der Waals surface area contributed by atoms with Gasteiger partial charge in [0.2, 0.25) is 0 Å². The molecular formula is C24H36N6O4. The molecule has 186 valence electrons. The van der Waals surface area contributed by atoms with Gasteiger partial charge in [-0.1, -0.05) is 0 Å². The Labute approximate surface area is 200 Å². The molecule has 4 N–H and O–H groups in total. The number of likely N-dealkylation sites (N-methyl/N-ethyl adjacent to an activating group) is 2. The Morgan fingerprint density at radius 2 is 1.24 bits per heavy atom. The van der Waals surface area contributed by atoms with Crippen LogP contribution in [0.3, 0.4) is 0 Å². The van der Waals surface area contributed by atoms with Crippen molar-refractivity contribution in [2.24, 2.45) is 0 Å². The molecule has 0 aliphatic carbocycles. The van der Waals surface area contributed by atoms with E-state index in [-0.39, 0.29) is 18.9 Å². The zero-order chi connectivity index (χ0) is 24.7. The summed E-state index contributed by atoms with van der Waals surface area (Å²) in [6.07, 6.45) is 0. The molecule has 2 saturated heterocycles. The minimum Gasteiger partial charge on any atom is -0.399 e. The van der Waals surface area contributed by atoms with E-state index in [0.717, 1.165) is 69.3 Å². The number of hydrogen-bond donors (Lipinski definition) is 3. The highest BCUT2D eigenvalue weighted by Crippen LogP contribution is 2.26. The van der Waals surface area contributed by atoms with Crippen molar-refractivity contribution in [2.45, 2.75) is 13.2 Å². The summed E-state index contributed by atoms with van der Waals surface area (Å²) in [5.41, 5.74) is 10.0. The summed E-state index contributed by atoms with van der Waals surface area (Å²) in [7, 11) is 4.20. The molecular weight excluding hydrogens is 436 g/mol. The second kappa shape index (κ2) is 12.0. The highest BCUT2D eigenvalue weighted by atomic mass is 16.6. The Morgan fingerprint density at radius 1 is 0.794 bits per heavy atom. The quantitative estimate of drug-likeness (QED) is 0.336. The second-order valence-electron chi connectivity index (χ2n) is 8.86. The van der Waals surface area contributed by atoms with Crippen molar-refractivity contribution in [2.75, 3.05) is 82.0 Å². The fourth-order valence-electron chi connectivity index (χ4n) is 4.26. The van der Waals surface area contributed by atoms with Gasteiger partial charge in [-0.2, -0.15) is 0 Å². The first kappa shape index (κ1) is 25.7. The summed E-state index contributed by atoms with van der Waals surface area (Å²) in [5, 5.41) is 29.4. The van der Waals surface area contributed by atoms with Gasteiger partial charge in [0, 0.05) is 92.7 Å². The van der Waals surface area contributed by atoms with E-state index >= 15 is 0 Å². The molecule has 0 saturated carbocycles. The molecule has 2 aliphatic heterocycles. The fraction of sp³-hybridized carbons (Fsp3) is 0.500. The first-order chi connectivity index (χ1) is 16.3. The first-order valence-electron chi connectivity index (χ1n) is 11.6. The average molecular weight is 473 g/mol. The van der Waals surface area contributed by atoms with Crippen molar-refractivity contribution < 1.29 is 15.1 Å². The zero-order valence-corrected chi connectivity index (χ0v) is 20.1. The molecule has 2 heterocycles. The number of nitrogen functional groups attached to an aromatic ring is 1. The number of nitro groups is 1. The molecule has 0 atom stereocenters. The topological polar surface area (TPSA) is 123 Å². The number of rotatable bonds is 5. The number of hydrogen-bond acceptors (Lipinski definition) is 9. The molecule has 0 radical (unpaired) electrons. The lowest BCUT2D eigenvalue weighted by Gasteiger charge is -2.35. The van der Waals surface area contributed by atoms with Crippen LogP contribution in [0.2, 0.25) is 0 Å². The molecule has 0 amide bonds. The smallest absolute Gasteiger partial charge is 0.269 e. The maximum absolute atomic E-state index is 10.7. The van der Waals surface area contributed by atoms with Crippen LogP contribution in [-0.2, 0) is 13.2 Å². The number of aliphatic hydroxyl groups excluding tert-OH is 2. The summed E-state index contributed by atoms with van der Waals surface area (Å²) in [5.74, 6) is 0. The van der Waals surface area contributed by atoms with Gasteiger partial charge in [-0.15, -0.1) is 0 Å². The molecule has 0 spiro atoms. The Kier molecular flexibility index (Phi) is 9.05. The molecule has 10 heteroatoms. The highest BCUT2D eigenvalue weighted by Gasteiger charge is 2.19. The van der Waals surface area contributed by atoms with Gasteiger partial charge in [-0.3, -0.25) is 10.1 Å². The van der Waals surface area contributed by atoms with E-state index in [9.17, 15) is 20.3 Å². The molecule has 34 heavy (non-hydrogen) atoms. The molecule has 10 nitrogen and oxygen atoms in total. The van der Waals surface area contributed by atoms with E-state index in [2.05, 4.69) is 33.7 Å². The third kappa shape index (κ3) is 6.57. The fourth-order valence-corrected chi connectivity index (χ4v) is 4.26. The number of piperazine rings is 2. The number of nitro benzene ring substituents is 1. The number of aliphatic hydroxyl groups is 2. The van der Waals surface area contributed by atoms with E-state index < -0.39 is 4.92 Å². The zero-order valence-electron chi connectivity index (χ0n) is 20.1. The Balaban J connectivity index is 0.000000192. The maximum atomic E-state index is 10.7. The number of non-ortho nitro benzene ring substituents is 1. The van der Waals surface area contributed by atoms with E-state index in [1.54, 1.807) is 6.07 Å². The summed E-state index contributed by atoms with van der Waals surface area (Å²) in [4.78, 5) is 19.3. The van der Waals surface area contributed by atoms with E-state index in [0.29, 0.717) is 11.3 Å². The minimum absolute atomic E-state index is 0.0249. The number of nitrogens with zero attached hydrogens (tertiary/aromatic N) is 5. The molecule has 2 aromatic rings. The van der Waals surface area contributed by atoms with Gasteiger partial charge >= 0.3 is 0 Å². The average Bonchev–Trinajstić information content (AvgIpc) is 2.85. The lowest BCUT2D eigenvalue weighted by Crippen LogP contribution is -2.44. The number of nitrogens with two attached hydrogens (primary N) is 1. The summed E-state index contributed by atoms with van der Waals surface area (Å²) < 4.78 is 0. The number of benzene rings is 2. The van der Waals surface area contributed by atoms with Crippen LogP contribution in [0.5, 0.6) is 0 Å². The van der Waals surface area contributed by atoms with Crippen LogP contribution < -0.4 is 15.5 Å². The predicted molar refractivity (Wildman–Crippen MR) is 135 cm³/mol. The Bertz CT molecular complexity index is 956. The molecule has 4 rings (SSSR count). The molecule has 2 aromatic carbocycles. The first-order valence-corrected chi connectivity index (χ1v) is 11.6. The van der Waals surface area contributed by atoms with Crippen LogP contribution in [0, 0.1) is 10.1 Å². The lowest BCUT2D eigenvalue weighted by molar-refractivity contribution is -0.384. The number of anilines is 3. The van der Waals surface area contributed by atoms with E-state index in [1.807, 2.05) is 18.2 Å². The van der Waals surface area contributed by atoms with Crippen LogP contribution >= 0.6 is 0 Å². The molecule has 2 fully saturated rings. The normalized spacial score (nSPS) is 17.3. The van der Waals surface area contributed by atoms with Crippen molar-refractivity contribution in [1.82, 2.24) is 9.80 Å².